The van der Waals surface area contributed by atoms with E-state index in [0.717, 1.165) is 16.2 Å². The Morgan fingerprint density at radius 1 is 0.349 bits per heavy atom. The third-order valence-electron chi connectivity index (χ3n) is 22.1. The molecule has 6 bridgehead atoms. The van der Waals surface area contributed by atoms with Gasteiger partial charge in [0.2, 0.25) is 17.8 Å². The van der Waals surface area contributed by atoms with E-state index in [4.69, 9.17) is 176 Å². The van der Waals surface area contributed by atoms with Crippen LogP contribution < -0.4 is 51.1 Å². The average molecular weight is 2020 g/mol. The highest BCUT2D eigenvalue weighted by Crippen LogP contribution is 2.61. The Morgan fingerprint density at radius 2 is 0.628 bits per heavy atom. The first-order chi connectivity index (χ1) is 61.4. The normalized spacial score (nSPS) is 35.4. The molecule has 21 rings (SSSR count). The molecule has 9 unspecified atom stereocenters. The predicted molar refractivity (Wildman–Crippen MR) is 475 cm³/mol. The number of ether oxygens (including phenoxy) is 6. The molecule has 690 valence electrons. The number of nitrogens with two attached hydrogens (primary N) is 6. The summed E-state index contributed by atoms with van der Waals surface area (Å²) in [6, 6.07) is 10.6. The number of nitrogens with zero attached hydrogens (tertiary/aromatic N) is 15. The van der Waals surface area contributed by atoms with Gasteiger partial charge in [-0.25, -0.2) is 34.5 Å². The minimum absolute atomic E-state index is 0.0163. The Labute approximate surface area is 754 Å². The number of rotatable bonds is 6. The quantitative estimate of drug-likeness (QED) is 0.0815. The van der Waals surface area contributed by atoms with Crippen LogP contribution in [0.2, 0.25) is 0 Å². The van der Waals surface area contributed by atoms with E-state index in [1.165, 1.54) is 32.7 Å². The minimum atomic E-state index is -4.05. The lowest BCUT2D eigenvalue weighted by Gasteiger charge is -2.27. The number of hydrogen-bond donors (Lipinski definition) is 15. The Balaban J connectivity index is 0.000000126. The van der Waals surface area contributed by atoms with Gasteiger partial charge in [-0.3, -0.25) is 52.1 Å². The van der Waals surface area contributed by atoms with Gasteiger partial charge in [0.25, 0.3) is 16.7 Å². The number of fused-ring (bicyclic) bond motifs is 15. The third kappa shape index (κ3) is 19.1. The van der Waals surface area contributed by atoms with E-state index in [0.29, 0.717) is 34.0 Å². The smallest absolute Gasteiger partial charge is 0.386 e. The van der Waals surface area contributed by atoms with Crippen LogP contribution in [0.25, 0.3) is 66.6 Å². The summed E-state index contributed by atoms with van der Waals surface area (Å²) in [5, 5.41) is 2.24. The lowest BCUT2D eigenvalue weighted by atomic mass is 10.2. The molecule has 20 N–H and O–H groups in total. The second kappa shape index (κ2) is 35.6. The van der Waals surface area contributed by atoms with Crippen LogP contribution in [0.4, 0.5) is 34.9 Å². The van der Waals surface area contributed by atoms with Crippen LogP contribution in [-0.2, 0) is 146 Å². The summed E-state index contributed by atoms with van der Waals surface area (Å²) in [4.78, 5) is 137. The van der Waals surface area contributed by atoms with Gasteiger partial charge in [0, 0.05) is 109 Å². The Morgan fingerprint density at radius 3 is 0.938 bits per heavy atom. The van der Waals surface area contributed by atoms with Crippen molar-refractivity contribution in [1.29, 1.82) is 0 Å². The maximum atomic E-state index is 13.5. The van der Waals surface area contributed by atoms with Crippen molar-refractivity contribution in [2.45, 2.75) is 149 Å². The maximum Gasteiger partial charge on any atom is 0.386 e. The first kappa shape index (κ1) is 91.0. The molecule has 12 aromatic heterocycles. The van der Waals surface area contributed by atoms with E-state index < -0.39 is 168 Å². The number of imidazole rings is 3. The number of pyridine rings is 3. The molecule has 0 amide bonds. The first-order valence-corrected chi connectivity index (χ1v) is 54.7. The van der Waals surface area contributed by atoms with Gasteiger partial charge in [0.1, 0.15) is 72.2 Å². The number of hydrogen-bond acceptors (Lipinski definition) is 42. The molecule has 24 atom stereocenters. The lowest BCUT2D eigenvalue weighted by molar-refractivity contribution is -0.0594. The largest absolute Gasteiger partial charge is 0.398 e. The maximum absolute atomic E-state index is 13.5. The zero-order chi connectivity index (χ0) is 90.3. The van der Waals surface area contributed by atoms with E-state index in [1.54, 1.807) is 69.1 Å². The zero-order valence-electron chi connectivity index (χ0n) is 66.1. The summed E-state index contributed by atoms with van der Waals surface area (Å²) in [6.45, 7) is -24.6. The topological polar surface area (TPSA) is 685 Å². The minimum Gasteiger partial charge on any atom is -0.398 e. The molecule has 129 heavy (non-hydrogen) atoms. The summed E-state index contributed by atoms with van der Waals surface area (Å²) in [6.07, 6.45) is 0.978. The van der Waals surface area contributed by atoms with E-state index in [2.05, 4.69) is 72.1 Å². The molecule has 12 aromatic rings. The zero-order valence-corrected chi connectivity index (χ0v) is 76.4. The number of nitrogen functional groups attached to an aromatic ring is 6. The monoisotopic (exact) mass is 2020 g/mol. The molecule has 63 heteroatoms. The summed E-state index contributed by atoms with van der Waals surface area (Å²) in [5.41, 5.74) is 37.8. The number of nitrogens with one attached hydrogen (secondary N) is 3. The van der Waals surface area contributed by atoms with Crippen LogP contribution in [-0.4, -0.2) is 225 Å². The van der Waals surface area contributed by atoms with Gasteiger partial charge < -0.3 is 146 Å². The average Bonchev–Trinajstić information content (AvgIpc) is 1.60. The van der Waals surface area contributed by atoms with Crippen molar-refractivity contribution in [1.82, 2.24) is 87.2 Å². The molecule has 9 aliphatic rings. The summed E-state index contributed by atoms with van der Waals surface area (Å²) in [5.74, 6) is -0.376. The number of aromatic amines is 3. The van der Waals surface area contributed by atoms with Crippen LogP contribution in [0.15, 0.2) is 107 Å². The highest BCUT2D eigenvalue weighted by atomic mass is 32.7. The standard InChI is InChI=1S/3C22H26N8O9P2S2/c3*23-12-1-3-25-18-11(12)2-4-29(18)16-6-13-15(37-16)8-35-41(33,43)39-14-5-10(7-34-40(32,42)38-13)36-21(14)30-9-26-17-19(30)27-22(24)28-20(17)31/h3*1-4,9-10,13-16,21H,5-8H2,(H2,23,25)(H,32,42)(H,33,43)(H3,24,27,28,31)/t3*10-,13-,14+,15?,16+,21+,40?,41?/m000/s1. The molecule has 21 heterocycles. The second-order valence-corrected chi connectivity index (χ2v) is 47.4. The van der Waals surface area contributed by atoms with E-state index in [9.17, 15) is 43.4 Å². The highest BCUT2D eigenvalue weighted by Gasteiger charge is 2.51. The molecule has 9 fully saturated rings. The van der Waals surface area contributed by atoms with Gasteiger partial charge in [-0.1, -0.05) is 12.2 Å². The van der Waals surface area contributed by atoms with E-state index >= 15 is 0 Å². The van der Waals surface area contributed by atoms with Crippen molar-refractivity contribution in [2.24, 2.45) is 0 Å². The third-order valence-corrected chi connectivity index (χ3v) is 31.7. The van der Waals surface area contributed by atoms with Crippen LogP contribution >= 0.6 is 52.6 Å². The summed E-state index contributed by atoms with van der Waals surface area (Å²) < 4.78 is 130. The van der Waals surface area contributed by atoms with Crippen molar-refractivity contribution in [3.63, 3.8) is 0 Å². The molecule has 0 aromatic carbocycles. The number of thiol groups is 1. The highest BCUT2D eigenvalue weighted by molar-refractivity contribution is 8.44. The van der Waals surface area contributed by atoms with Crippen LogP contribution in [0.5, 0.6) is 0 Å². The van der Waals surface area contributed by atoms with Gasteiger partial charge in [-0.15, -0.1) is 0 Å². The SMILES string of the molecule is Nc1nc2c(ncn2[C@@H]2O[C@@H]3COP(O)(=S)O[C@H]4C[C@H](n5ccc6c(N)ccnc65)OC4COP(=O)(S)O[C@@H]2C3)c(=O)[nH]1.Nc1nc2c(ncn2[C@@H]2O[C@@H]3COP(O)(=S)O[C@H]4C[C@H](n5ccc6c(N)ccnc65)OC4COP(O)(=S)O[C@@H]2C3)c(=O)[nH]1.Nc1nc2c(ncn2[C@@H]2O[C@@H]3COP(O)(=S)O[C@H]4C[C@H](n5ccc6c(N)ccnc65)OC4COP(O)(=S)O[C@@H]2C3)c(=O)[nH]1. The van der Waals surface area contributed by atoms with Gasteiger partial charge in [0.05, 0.1) is 95.2 Å². The Hall–Kier alpha value is -7.17. The molecule has 9 aliphatic heterocycles. The fourth-order valence-corrected chi connectivity index (χ4v) is 25.3. The van der Waals surface area contributed by atoms with Crippen molar-refractivity contribution < 1.29 is 112 Å². The lowest BCUT2D eigenvalue weighted by Crippen LogP contribution is -2.29. The molecular formula is C66H78N24O27P6S6. The molecule has 0 aliphatic carbocycles. The van der Waals surface area contributed by atoms with Crippen molar-refractivity contribution in [2.75, 3.05) is 74.0 Å². The molecule has 9 saturated heterocycles. The number of H-pyrrole nitrogens is 3. The van der Waals surface area contributed by atoms with Gasteiger partial charge in [-0.2, -0.15) is 15.0 Å². The number of aromatic nitrogens is 18. The molecule has 0 spiro atoms. The first-order valence-electron chi connectivity index (χ1n) is 39.1. The van der Waals surface area contributed by atoms with Gasteiger partial charge >= 0.3 is 40.4 Å². The fraction of sp³-hybridized carbons (Fsp3) is 0.455. The Kier molecular flexibility index (Phi) is 25.1. The molecule has 51 nitrogen and oxygen atoms in total. The predicted octanol–water partition coefficient (Wildman–Crippen LogP) is 4.30. The summed E-state index contributed by atoms with van der Waals surface area (Å²) >= 11 is 30.9. The van der Waals surface area contributed by atoms with Crippen molar-refractivity contribution >= 4 is 213 Å². The fourth-order valence-electron chi connectivity index (χ4n) is 16.5. The van der Waals surface area contributed by atoms with Crippen LogP contribution in [0.3, 0.4) is 0 Å². The van der Waals surface area contributed by atoms with Crippen LogP contribution in [0, 0.1) is 0 Å². The summed E-state index contributed by atoms with van der Waals surface area (Å²) in [7, 11) is 0. The van der Waals surface area contributed by atoms with E-state index in [-0.39, 0.29) is 130 Å². The molecule has 0 radical (unpaired) electrons. The molecular weight excluding hydrogens is 1940 g/mol. The van der Waals surface area contributed by atoms with Gasteiger partial charge in [-0.05, 0) is 95.4 Å². The van der Waals surface area contributed by atoms with Gasteiger partial charge in [0.15, 0.2) is 52.2 Å². The van der Waals surface area contributed by atoms with Crippen molar-refractivity contribution in [3.8, 4) is 0 Å². The van der Waals surface area contributed by atoms with Crippen molar-refractivity contribution in [3.05, 3.63) is 124 Å². The van der Waals surface area contributed by atoms with Crippen LogP contribution in [0.1, 0.15) is 75.9 Å². The second-order valence-electron chi connectivity index (χ2n) is 30.6. The van der Waals surface area contributed by atoms with E-state index in [1.807, 2.05) is 18.2 Å². The molecule has 0 saturated carbocycles. The number of anilines is 6. The Bertz CT molecular complexity index is 6240.